The molecule has 0 N–H and O–H groups in total. The molecule has 0 aromatic heterocycles. The monoisotopic (exact) mass is 341 g/mol. The van der Waals surface area contributed by atoms with E-state index in [2.05, 4.69) is 0 Å². The van der Waals surface area contributed by atoms with Gasteiger partial charge in [0.05, 0.1) is 6.61 Å². The number of carbonyl (C=O) groups is 2. The van der Waals surface area contributed by atoms with Crippen LogP contribution in [0, 0.1) is 11.8 Å². The Morgan fingerprint density at radius 1 is 1.23 bits per heavy atom. The van der Waals surface area contributed by atoms with Crippen molar-refractivity contribution in [3.05, 3.63) is 0 Å². The van der Waals surface area contributed by atoms with Crippen LogP contribution in [0.5, 0.6) is 0 Å². The predicted octanol–water partition coefficient (Wildman–Crippen LogP) is 2.74. The van der Waals surface area contributed by atoms with Crippen molar-refractivity contribution in [2.24, 2.45) is 11.8 Å². The second-order valence-electron chi connectivity index (χ2n) is 6.09. The van der Waals surface area contributed by atoms with Gasteiger partial charge in [-0.2, -0.15) is 13.2 Å². The first-order valence-corrected chi connectivity index (χ1v) is 7.76. The average molecular weight is 342 g/mol. The molecule has 2 unspecified atom stereocenters. The van der Waals surface area contributed by atoms with Crippen molar-refractivity contribution in [2.75, 3.05) is 13.2 Å². The van der Waals surface area contributed by atoms with Gasteiger partial charge in [-0.15, -0.1) is 0 Å². The summed E-state index contributed by atoms with van der Waals surface area (Å²) in [5, 5.41) is -0.540. The molecule has 0 aromatic carbocycles. The van der Waals surface area contributed by atoms with E-state index in [1.54, 1.807) is 6.92 Å². The first kappa shape index (κ1) is 17.5. The Kier molecular flexibility index (Phi) is 5.37. The summed E-state index contributed by atoms with van der Waals surface area (Å²) in [4.78, 5) is 24.1. The van der Waals surface area contributed by atoms with Crippen molar-refractivity contribution in [2.45, 2.75) is 50.9 Å². The molecule has 1 amide bonds. The fourth-order valence-electron chi connectivity index (χ4n) is 3.43. The summed E-state index contributed by atoms with van der Waals surface area (Å²) in [6, 6.07) is -1.11. The highest BCUT2D eigenvalue weighted by Crippen LogP contribution is 2.37. The van der Waals surface area contributed by atoms with Gasteiger partial charge in [0.25, 0.3) is 0 Å². The van der Waals surface area contributed by atoms with Crippen LogP contribution < -0.4 is 0 Å². The second-order valence-corrected chi connectivity index (χ2v) is 6.46. The Morgan fingerprint density at radius 3 is 2.41 bits per heavy atom. The fourth-order valence-corrected chi connectivity index (χ4v) is 3.63. The van der Waals surface area contributed by atoms with Crippen molar-refractivity contribution in [1.82, 2.24) is 4.90 Å². The number of nitrogens with zero attached hydrogens (tertiary/aromatic N) is 1. The van der Waals surface area contributed by atoms with Gasteiger partial charge in [0.2, 0.25) is 5.24 Å². The van der Waals surface area contributed by atoms with Crippen LogP contribution in [-0.2, 0) is 14.3 Å². The van der Waals surface area contributed by atoms with Gasteiger partial charge in [-0.3, -0.25) is 9.59 Å². The van der Waals surface area contributed by atoms with Gasteiger partial charge in [0.15, 0.2) is 0 Å². The SMILES string of the molecule is CC1COCCC1N(C(=O)C(F)(F)F)[C@@H]1CC[C@H](C(=O)Cl)C1. The molecule has 1 saturated carbocycles. The maximum atomic E-state index is 13.0. The van der Waals surface area contributed by atoms with E-state index in [0.29, 0.717) is 32.5 Å². The van der Waals surface area contributed by atoms with Gasteiger partial charge >= 0.3 is 12.1 Å². The first-order valence-electron chi connectivity index (χ1n) is 7.38. The summed E-state index contributed by atoms with van der Waals surface area (Å²) in [5.41, 5.74) is 0. The zero-order valence-electron chi connectivity index (χ0n) is 12.2. The number of halogens is 4. The summed E-state index contributed by atoms with van der Waals surface area (Å²) >= 11 is 5.45. The van der Waals surface area contributed by atoms with Gasteiger partial charge in [0.1, 0.15) is 0 Å². The Bertz CT molecular complexity index is 444. The van der Waals surface area contributed by atoms with Crippen LogP contribution in [0.15, 0.2) is 0 Å². The van der Waals surface area contributed by atoms with Crippen LogP contribution >= 0.6 is 11.6 Å². The lowest BCUT2D eigenvalue weighted by Gasteiger charge is -2.42. The molecule has 126 valence electrons. The Labute approximate surface area is 131 Å². The topological polar surface area (TPSA) is 46.6 Å². The lowest BCUT2D eigenvalue weighted by atomic mass is 9.93. The molecular formula is C14H19ClF3NO3. The molecule has 2 rings (SSSR count). The molecule has 22 heavy (non-hydrogen) atoms. The molecule has 0 radical (unpaired) electrons. The van der Waals surface area contributed by atoms with E-state index in [1.807, 2.05) is 0 Å². The van der Waals surface area contributed by atoms with Crippen LogP contribution in [0.25, 0.3) is 0 Å². The summed E-state index contributed by atoms with van der Waals surface area (Å²) in [6.45, 7) is 2.44. The molecule has 1 aliphatic carbocycles. The molecule has 1 aliphatic heterocycles. The number of amides is 1. The minimum absolute atomic E-state index is 0.175. The van der Waals surface area contributed by atoms with Crippen molar-refractivity contribution in [3.63, 3.8) is 0 Å². The van der Waals surface area contributed by atoms with E-state index in [9.17, 15) is 22.8 Å². The summed E-state index contributed by atoms with van der Waals surface area (Å²) in [7, 11) is 0. The molecular weight excluding hydrogens is 323 g/mol. The van der Waals surface area contributed by atoms with Crippen LogP contribution in [0.1, 0.15) is 32.6 Å². The van der Waals surface area contributed by atoms with Gasteiger partial charge in [-0.05, 0) is 37.3 Å². The lowest BCUT2D eigenvalue weighted by molar-refractivity contribution is -0.194. The molecule has 0 spiro atoms. The van der Waals surface area contributed by atoms with E-state index >= 15 is 0 Å². The van der Waals surface area contributed by atoms with E-state index < -0.39 is 35.3 Å². The van der Waals surface area contributed by atoms with E-state index in [1.165, 1.54) is 0 Å². The lowest BCUT2D eigenvalue weighted by Crippen LogP contribution is -2.55. The number of alkyl halides is 3. The molecule has 8 heteroatoms. The zero-order chi connectivity index (χ0) is 16.5. The normalized spacial score (nSPS) is 32.8. The summed E-state index contributed by atoms with van der Waals surface area (Å²) < 4.78 is 44.2. The molecule has 4 nitrogen and oxygen atoms in total. The highest BCUT2D eigenvalue weighted by Gasteiger charge is 2.49. The van der Waals surface area contributed by atoms with Crippen molar-refractivity contribution < 1.29 is 27.5 Å². The first-order chi connectivity index (χ1) is 10.2. The van der Waals surface area contributed by atoms with Crippen molar-refractivity contribution in [3.8, 4) is 0 Å². The van der Waals surface area contributed by atoms with Crippen molar-refractivity contribution in [1.29, 1.82) is 0 Å². The number of hydrogen-bond acceptors (Lipinski definition) is 3. The molecule has 2 aliphatic rings. The Balaban J connectivity index is 2.22. The van der Waals surface area contributed by atoms with E-state index in [-0.39, 0.29) is 12.3 Å². The molecule has 2 fully saturated rings. The van der Waals surface area contributed by atoms with E-state index in [0.717, 1.165) is 4.90 Å². The highest BCUT2D eigenvalue weighted by atomic mass is 35.5. The average Bonchev–Trinajstić information content (AvgIpc) is 2.90. The number of hydrogen-bond donors (Lipinski definition) is 0. The molecule has 0 bridgehead atoms. The quantitative estimate of drug-likeness (QED) is 0.742. The standard InChI is InChI=1S/C14H19ClF3NO3/c1-8-7-22-5-4-11(8)19(13(21)14(16,17)18)10-3-2-9(6-10)12(15)20/h8-11H,2-7H2,1H3/t8?,9-,10+,11?/m0/s1. The Hall–Kier alpha value is -0.820. The fraction of sp³-hybridized carbons (Fsp3) is 0.857. The van der Waals surface area contributed by atoms with Gasteiger partial charge in [-0.1, -0.05) is 6.92 Å². The highest BCUT2D eigenvalue weighted by molar-refractivity contribution is 6.64. The molecule has 4 atom stereocenters. The number of ether oxygens (including phenoxy) is 1. The number of carbonyl (C=O) groups excluding carboxylic acids is 2. The maximum absolute atomic E-state index is 13.0. The Morgan fingerprint density at radius 2 is 1.91 bits per heavy atom. The summed E-state index contributed by atoms with van der Waals surface area (Å²) in [5.74, 6) is -2.46. The minimum Gasteiger partial charge on any atom is -0.381 e. The molecule has 0 aromatic rings. The third-order valence-electron chi connectivity index (χ3n) is 4.55. The minimum atomic E-state index is -4.92. The smallest absolute Gasteiger partial charge is 0.381 e. The van der Waals surface area contributed by atoms with E-state index in [4.69, 9.17) is 16.3 Å². The largest absolute Gasteiger partial charge is 0.471 e. The van der Waals surface area contributed by atoms with Crippen LogP contribution in [-0.4, -0.2) is 47.5 Å². The van der Waals surface area contributed by atoms with Gasteiger partial charge in [-0.25, -0.2) is 0 Å². The summed E-state index contributed by atoms with van der Waals surface area (Å²) in [6.07, 6.45) is -3.55. The van der Waals surface area contributed by atoms with Crippen molar-refractivity contribution >= 4 is 22.8 Å². The van der Waals surface area contributed by atoms with Crippen LogP contribution in [0.2, 0.25) is 0 Å². The van der Waals surface area contributed by atoms with Crippen LogP contribution in [0.3, 0.4) is 0 Å². The molecule has 1 heterocycles. The molecule has 1 saturated heterocycles. The number of rotatable bonds is 3. The zero-order valence-corrected chi connectivity index (χ0v) is 13.0. The second kappa shape index (κ2) is 6.74. The predicted molar refractivity (Wildman–Crippen MR) is 73.3 cm³/mol. The maximum Gasteiger partial charge on any atom is 0.471 e. The van der Waals surface area contributed by atoms with Crippen LogP contribution in [0.4, 0.5) is 13.2 Å². The van der Waals surface area contributed by atoms with Gasteiger partial charge < -0.3 is 9.64 Å². The third kappa shape index (κ3) is 3.74. The third-order valence-corrected chi connectivity index (χ3v) is 4.86. The van der Waals surface area contributed by atoms with Gasteiger partial charge in [0, 0.05) is 30.5 Å².